The number of hydrogen-bond acceptors (Lipinski definition) is 5. The van der Waals surface area contributed by atoms with Gasteiger partial charge in [0.25, 0.3) is 5.91 Å². The van der Waals surface area contributed by atoms with Crippen LogP contribution in [0.25, 0.3) is 0 Å². The van der Waals surface area contributed by atoms with E-state index in [0.717, 1.165) is 19.3 Å². The predicted molar refractivity (Wildman–Crippen MR) is 95.2 cm³/mol. The molecule has 0 saturated carbocycles. The van der Waals surface area contributed by atoms with E-state index in [0.29, 0.717) is 43.6 Å². The first-order valence-electron chi connectivity index (χ1n) is 8.96. The third-order valence-corrected chi connectivity index (χ3v) is 4.61. The molecule has 2 saturated heterocycles. The van der Waals surface area contributed by atoms with Gasteiger partial charge in [0.05, 0.1) is 13.2 Å². The second kappa shape index (κ2) is 8.42. The van der Waals surface area contributed by atoms with Crippen molar-refractivity contribution in [1.82, 2.24) is 15.8 Å². The Labute approximate surface area is 148 Å². The normalized spacial score (nSPS) is 23.5. The van der Waals surface area contributed by atoms with Gasteiger partial charge in [-0.25, -0.2) is 5.43 Å². The quantitative estimate of drug-likeness (QED) is 0.745. The third-order valence-electron chi connectivity index (χ3n) is 4.61. The summed E-state index contributed by atoms with van der Waals surface area (Å²) in [6, 6.07) is 7.19. The van der Waals surface area contributed by atoms with Crippen molar-refractivity contribution < 1.29 is 14.3 Å². The number of anilines is 1. The number of morpholine rings is 1. The number of amides is 2. The molecule has 2 aliphatic heterocycles. The fourth-order valence-corrected chi connectivity index (χ4v) is 3.24. The zero-order valence-electron chi connectivity index (χ0n) is 14.6. The molecule has 136 valence electrons. The summed E-state index contributed by atoms with van der Waals surface area (Å²) in [6.45, 7) is 4.48. The van der Waals surface area contributed by atoms with Gasteiger partial charge in [0.15, 0.2) is 0 Å². The highest BCUT2D eigenvalue weighted by molar-refractivity contribution is 5.98. The first-order chi connectivity index (χ1) is 12.2. The van der Waals surface area contributed by atoms with Crippen molar-refractivity contribution in [3.63, 3.8) is 0 Å². The molecule has 1 aromatic rings. The van der Waals surface area contributed by atoms with Gasteiger partial charge in [-0.2, -0.15) is 0 Å². The van der Waals surface area contributed by atoms with Crippen LogP contribution in [0.5, 0.6) is 0 Å². The lowest BCUT2D eigenvalue weighted by atomic mass is 10.1. The molecule has 0 aliphatic carbocycles. The number of benzene rings is 1. The lowest BCUT2D eigenvalue weighted by Gasteiger charge is -2.27. The predicted octanol–water partition coefficient (Wildman–Crippen LogP) is 1.13. The van der Waals surface area contributed by atoms with Crippen molar-refractivity contribution in [2.24, 2.45) is 0 Å². The van der Waals surface area contributed by atoms with Crippen LogP contribution in [0.2, 0.25) is 0 Å². The third kappa shape index (κ3) is 4.56. The Morgan fingerprint density at radius 2 is 2.08 bits per heavy atom. The van der Waals surface area contributed by atoms with Gasteiger partial charge in [-0.1, -0.05) is 19.4 Å². The number of hydrogen-bond donors (Lipinski definition) is 3. The van der Waals surface area contributed by atoms with Gasteiger partial charge in [0.1, 0.15) is 6.04 Å². The van der Waals surface area contributed by atoms with E-state index in [1.54, 1.807) is 29.2 Å². The highest BCUT2D eigenvalue weighted by Crippen LogP contribution is 2.16. The monoisotopic (exact) mass is 346 g/mol. The fraction of sp³-hybridized carbons (Fsp3) is 0.556. The van der Waals surface area contributed by atoms with Gasteiger partial charge >= 0.3 is 0 Å². The maximum absolute atomic E-state index is 12.5. The fourth-order valence-electron chi connectivity index (χ4n) is 3.24. The Bertz CT molecular complexity index is 616. The Morgan fingerprint density at radius 1 is 1.28 bits per heavy atom. The van der Waals surface area contributed by atoms with E-state index in [9.17, 15) is 9.59 Å². The van der Waals surface area contributed by atoms with Crippen molar-refractivity contribution in [1.29, 1.82) is 0 Å². The highest BCUT2D eigenvalue weighted by atomic mass is 16.5. The van der Waals surface area contributed by atoms with E-state index in [-0.39, 0.29) is 17.9 Å². The van der Waals surface area contributed by atoms with Gasteiger partial charge in [0, 0.05) is 30.4 Å². The average Bonchev–Trinajstić information content (AvgIpc) is 3.11. The molecular weight excluding hydrogens is 320 g/mol. The number of carbonyl (C=O) groups excluding carboxylic acids is 2. The van der Waals surface area contributed by atoms with E-state index in [1.165, 1.54) is 0 Å². The van der Waals surface area contributed by atoms with Gasteiger partial charge < -0.3 is 15.0 Å². The van der Waals surface area contributed by atoms with Crippen LogP contribution in [0.4, 0.5) is 5.69 Å². The SMILES string of the molecule is CCCC1CC(C(=O)Nc2cccc(C(=O)N3CCOCC3)c2)NN1. The van der Waals surface area contributed by atoms with Crippen LogP contribution < -0.4 is 16.2 Å². The van der Waals surface area contributed by atoms with E-state index in [4.69, 9.17) is 4.74 Å². The first-order valence-corrected chi connectivity index (χ1v) is 8.96. The molecule has 2 aliphatic rings. The summed E-state index contributed by atoms with van der Waals surface area (Å²) in [5.74, 6) is -0.106. The smallest absolute Gasteiger partial charge is 0.254 e. The molecule has 3 N–H and O–H groups in total. The summed E-state index contributed by atoms with van der Waals surface area (Å²) in [7, 11) is 0. The Kier molecular flexibility index (Phi) is 6.01. The number of carbonyl (C=O) groups is 2. The summed E-state index contributed by atoms with van der Waals surface area (Å²) in [4.78, 5) is 26.7. The summed E-state index contributed by atoms with van der Waals surface area (Å²) in [5.41, 5.74) is 7.44. The minimum Gasteiger partial charge on any atom is -0.378 e. The molecule has 7 nitrogen and oxygen atoms in total. The Hall–Kier alpha value is -1.96. The van der Waals surface area contributed by atoms with Gasteiger partial charge in [-0.15, -0.1) is 0 Å². The minimum atomic E-state index is -0.254. The average molecular weight is 346 g/mol. The molecule has 3 rings (SSSR count). The second-order valence-electron chi connectivity index (χ2n) is 6.54. The maximum Gasteiger partial charge on any atom is 0.254 e. The molecule has 1 aromatic carbocycles. The molecule has 2 atom stereocenters. The van der Waals surface area contributed by atoms with Crippen molar-refractivity contribution >= 4 is 17.5 Å². The number of nitrogens with zero attached hydrogens (tertiary/aromatic N) is 1. The topological polar surface area (TPSA) is 82.7 Å². The zero-order valence-corrected chi connectivity index (χ0v) is 14.6. The van der Waals surface area contributed by atoms with E-state index in [1.807, 2.05) is 0 Å². The number of rotatable bonds is 5. The molecule has 0 radical (unpaired) electrons. The summed E-state index contributed by atoms with van der Waals surface area (Å²) < 4.78 is 5.28. The summed E-state index contributed by atoms with van der Waals surface area (Å²) in [5, 5.41) is 2.91. The van der Waals surface area contributed by atoms with E-state index in [2.05, 4.69) is 23.1 Å². The molecular formula is C18H26N4O3. The van der Waals surface area contributed by atoms with Crippen LogP contribution in [0.15, 0.2) is 24.3 Å². The standard InChI is InChI=1S/C18H26N4O3/c1-2-4-15-12-16(21-20-15)17(23)19-14-6-3-5-13(11-14)18(24)22-7-9-25-10-8-22/h3,5-6,11,15-16,20-21H,2,4,7-10,12H2,1H3,(H,19,23). The number of hydrazine groups is 1. The molecule has 25 heavy (non-hydrogen) atoms. The maximum atomic E-state index is 12.5. The van der Waals surface area contributed by atoms with Gasteiger partial charge in [0.2, 0.25) is 5.91 Å². The molecule has 2 amide bonds. The van der Waals surface area contributed by atoms with Crippen LogP contribution in [-0.2, 0) is 9.53 Å². The van der Waals surface area contributed by atoms with Gasteiger partial charge in [-0.05, 0) is 31.0 Å². The molecule has 0 aromatic heterocycles. The lowest BCUT2D eigenvalue weighted by molar-refractivity contribution is -0.117. The van der Waals surface area contributed by atoms with E-state index >= 15 is 0 Å². The summed E-state index contributed by atoms with van der Waals surface area (Å²) in [6.07, 6.45) is 2.89. The Balaban J connectivity index is 1.59. The van der Waals surface area contributed by atoms with Crippen LogP contribution in [0.1, 0.15) is 36.5 Å². The van der Waals surface area contributed by atoms with Gasteiger partial charge in [-0.3, -0.25) is 15.0 Å². The summed E-state index contributed by atoms with van der Waals surface area (Å²) >= 11 is 0. The Morgan fingerprint density at radius 3 is 2.84 bits per heavy atom. The van der Waals surface area contributed by atoms with Crippen molar-refractivity contribution in [2.75, 3.05) is 31.6 Å². The van der Waals surface area contributed by atoms with Crippen LogP contribution in [0, 0.1) is 0 Å². The van der Waals surface area contributed by atoms with E-state index < -0.39 is 0 Å². The van der Waals surface area contributed by atoms with Crippen molar-refractivity contribution in [3.05, 3.63) is 29.8 Å². The molecule has 0 spiro atoms. The largest absolute Gasteiger partial charge is 0.378 e. The zero-order chi connectivity index (χ0) is 17.6. The molecule has 2 fully saturated rings. The molecule has 2 heterocycles. The second-order valence-corrected chi connectivity index (χ2v) is 6.54. The van der Waals surface area contributed by atoms with Crippen LogP contribution >= 0.6 is 0 Å². The van der Waals surface area contributed by atoms with Crippen molar-refractivity contribution in [3.8, 4) is 0 Å². The van der Waals surface area contributed by atoms with Crippen LogP contribution in [-0.4, -0.2) is 55.1 Å². The number of ether oxygens (including phenoxy) is 1. The molecule has 2 unspecified atom stereocenters. The number of nitrogens with one attached hydrogen (secondary N) is 3. The minimum absolute atomic E-state index is 0.0249. The lowest BCUT2D eigenvalue weighted by Crippen LogP contribution is -2.41. The molecule has 7 heteroatoms. The first kappa shape index (κ1) is 17.8. The highest BCUT2D eigenvalue weighted by Gasteiger charge is 2.28. The molecule has 0 bridgehead atoms. The van der Waals surface area contributed by atoms with Crippen LogP contribution in [0.3, 0.4) is 0 Å². The van der Waals surface area contributed by atoms with Crippen molar-refractivity contribution in [2.45, 2.75) is 38.3 Å².